The number of rotatable bonds is 6. The van der Waals surface area contributed by atoms with Gasteiger partial charge in [-0.3, -0.25) is 9.20 Å². The van der Waals surface area contributed by atoms with E-state index in [2.05, 4.69) is 15.6 Å². The van der Waals surface area contributed by atoms with Gasteiger partial charge in [0.05, 0.1) is 13.2 Å². The number of hydrogen-bond acceptors (Lipinski definition) is 4. The van der Waals surface area contributed by atoms with Gasteiger partial charge in [0.2, 0.25) is 0 Å². The Labute approximate surface area is 154 Å². The largest absolute Gasteiger partial charge is 0.450 e. The fraction of sp³-hybridized carbons (Fsp3) is 0.882. The first-order valence-corrected chi connectivity index (χ1v) is 10.4. The van der Waals surface area contributed by atoms with Gasteiger partial charge in [0.1, 0.15) is 0 Å². The van der Waals surface area contributed by atoms with E-state index in [9.17, 15) is 9.00 Å². The number of aliphatic imine (C=N–C) groups is 1. The molecule has 0 aliphatic carbocycles. The summed E-state index contributed by atoms with van der Waals surface area (Å²) in [6.07, 6.45) is 1.49. The fourth-order valence-electron chi connectivity index (χ4n) is 2.48. The Kier molecular flexibility index (Phi) is 9.24. The minimum Gasteiger partial charge on any atom is -0.450 e. The van der Waals surface area contributed by atoms with Crippen LogP contribution >= 0.6 is 0 Å². The lowest BCUT2D eigenvalue weighted by Crippen LogP contribution is -2.50. The highest BCUT2D eigenvalue weighted by atomic mass is 32.2. The third-order valence-corrected chi connectivity index (χ3v) is 5.86. The van der Waals surface area contributed by atoms with Crippen molar-refractivity contribution >= 4 is 22.9 Å². The van der Waals surface area contributed by atoms with E-state index in [-0.39, 0.29) is 16.9 Å². The van der Waals surface area contributed by atoms with Gasteiger partial charge in [-0.25, -0.2) is 4.79 Å². The van der Waals surface area contributed by atoms with Gasteiger partial charge >= 0.3 is 6.09 Å². The third kappa shape index (κ3) is 8.07. The number of carbonyl (C=O) groups is 1. The number of hydrogen-bond donors (Lipinski definition) is 2. The summed E-state index contributed by atoms with van der Waals surface area (Å²) in [4.78, 5) is 18.0. The molecule has 0 aromatic heterocycles. The molecule has 0 spiro atoms. The van der Waals surface area contributed by atoms with Crippen LogP contribution in [0.25, 0.3) is 0 Å². The van der Waals surface area contributed by atoms with E-state index in [0.29, 0.717) is 32.0 Å². The first-order chi connectivity index (χ1) is 11.8. The van der Waals surface area contributed by atoms with Crippen molar-refractivity contribution in [2.24, 2.45) is 4.99 Å². The van der Waals surface area contributed by atoms with Crippen molar-refractivity contribution < 1.29 is 13.7 Å². The number of amides is 1. The summed E-state index contributed by atoms with van der Waals surface area (Å²) in [6.45, 7) is 12.9. The lowest BCUT2D eigenvalue weighted by atomic mass is 10.1. The summed E-state index contributed by atoms with van der Waals surface area (Å²) in [5.74, 6) is 1.31. The monoisotopic (exact) mass is 374 g/mol. The maximum absolute atomic E-state index is 12.1. The SMILES string of the molecule is CCNC(=NCCS(=O)C(C)(C)C)NC1CCN(C(=O)OCC)CC1. The molecule has 1 atom stereocenters. The van der Waals surface area contributed by atoms with Gasteiger partial charge in [-0.1, -0.05) is 0 Å². The van der Waals surface area contributed by atoms with Gasteiger partial charge in [0.15, 0.2) is 5.96 Å². The van der Waals surface area contributed by atoms with Crippen LogP contribution in [0, 0.1) is 0 Å². The van der Waals surface area contributed by atoms with Crippen molar-refractivity contribution in [3.63, 3.8) is 0 Å². The highest BCUT2D eigenvalue weighted by Crippen LogP contribution is 2.12. The summed E-state index contributed by atoms with van der Waals surface area (Å²) < 4.78 is 16.9. The quantitative estimate of drug-likeness (QED) is 0.546. The molecule has 0 bridgehead atoms. The molecule has 7 nitrogen and oxygen atoms in total. The van der Waals surface area contributed by atoms with Gasteiger partial charge in [-0.05, 0) is 47.5 Å². The summed E-state index contributed by atoms with van der Waals surface area (Å²) in [5.41, 5.74) is 0. The Hall–Kier alpha value is -1.31. The molecule has 1 saturated heterocycles. The molecule has 0 saturated carbocycles. The summed E-state index contributed by atoms with van der Waals surface area (Å²) in [7, 11) is -0.897. The van der Waals surface area contributed by atoms with Crippen LogP contribution in [0.15, 0.2) is 4.99 Å². The van der Waals surface area contributed by atoms with Crippen LogP contribution in [0.4, 0.5) is 4.79 Å². The average Bonchev–Trinajstić information content (AvgIpc) is 2.55. The van der Waals surface area contributed by atoms with Crippen molar-refractivity contribution in [2.45, 2.75) is 58.2 Å². The van der Waals surface area contributed by atoms with E-state index in [1.54, 1.807) is 4.90 Å². The lowest BCUT2D eigenvalue weighted by molar-refractivity contribution is 0.0963. The summed E-state index contributed by atoms with van der Waals surface area (Å²) >= 11 is 0. The van der Waals surface area contributed by atoms with Crippen LogP contribution in [0.5, 0.6) is 0 Å². The molecular formula is C17H34N4O3S. The Morgan fingerprint density at radius 1 is 1.28 bits per heavy atom. The Bertz CT molecular complexity index is 469. The second-order valence-electron chi connectivity index (χ2n) is 7.03. The molecule has 1 aliphatic heterocycles. The van der Waals surface area contributed by atoms with Crippen molar-refractivity contribution in [1.29, 1.82) is 0 Å². The topological polar surface area (TPSA) is 83.0 Å². The number of guanidine groups is 1. The molecule has 146 valence electrons. The van der Waals surface area contributed by atoms with Gasteiger partial charge in [0.25, 0.3) is 0 Å². The normalized spacial score (nSPS) is 18.0. The summed E-state index contributed by atoms with van der Waals surface area (Å²) in [5, 5.41) is 6.65. The summed E-state index contributed by atoms with van der Waals surface area (Å²) in [6, 6.07) is 0.275. The van der Waals surface area contributed by atoms with Crippen LogP contribution in [0.1, 0.15) is 47.5 Å². The van der Waals surface area contributed by atoms with E-state index in [1.165, 1.54) is 0 Å². The fourth-order valence-corrected chi connectivity index (χ4v) is 3.35. The molecule has 0 aromatic rings. The van der Waals surface area contributed by atoms with Gasteiger partial charge in [-0.15, -0.1) is 0 Å². The van der Waals surface area contributed by atoms with Crippen molar-refractivity contribution in [3.8, 4) is 0 Å². The molecule has 0 radical (unpaired) electrons. The first kappa shape index (κ1) is 21.7. The molecule has 1 aliphatic rings. The van der Waals surface area contributed by atoms with E-state index in [1.807, 2.05) is 34.6 Å². The van der Waals surface area contributed by atoms with Gasteiger partial charge < -0.3 is 20.3 Å². The predicted octanol–water partition coefficient (Wildman–Crippen LogP) is 1.71. The molecular weight excluding hydrogens is 340 g/mol. The average molecular weight is 375 g/mol. The minimum absolute atomic E-state index is 0.207. The second kappa shape index (κ2) is 10.6. The van der Waals surface area contributed by atoms with Crippen molar-refractivity contribution in [1.82, 2.24) is 15.5 Å². The van der Waals surface area contributed by atoms with E-state index >= 15 is 0 Å². The maximum Gasteiger partial charge on any atom is 0.409 e. The zero-order valence-electron chi connectivity index (χ0n) is 16.3. The lowest BCUT2D eigenvalue weighted by Gasteiger charge is -2.32. The van der Waals surface area contributed by atoms with Crippen LogP contribution in [0.2, 0.25) is 0 Å². The highest BCUT2D eigenvalue weighted by Gasteiger charge is 2.24. The standard InChI is InChI=1S/C17H34N4O3S/c1-6-18-15(19-10-13-25(23)17(3,4)5)20-14-8-11-21(12-9-14)16(22)24-7-2/h14H,6-13H2,1-5H3,(H2,18,19,20). The number of carbonyl (C=O) groups excluding carboxylic acids is 1. The zero-order valence-corrected chi connectivity index (χ0v) is 17.1. The second-order valence-corrected chi connectivity index (χ2v) is 9.35. The number of piperidine rings is 1. The van der Waals surface area contributed by atoms with Crippen LogP contribution in [-0.4, -0.2) is 70.5 Å². The Morgan fingerprint density at radius 3 is 2.44 bits per heavy atom. The first-order valence-electron chi connectivity index (χ1n) is 9.13. The molecule has 8 heteroatoms. The van der Waals surface area contributed by atoms with Crippen LogP contribution < -0.4 is 10.6 Å². The van der Waals surface area contributed by atoms with Crippen LogP contribution in [0.3, 0.4) is 0 Å². The predicted molar refractivity (Wildman–Crippen MR) is 103 cm³/mol. The number of ether oxygens (including phenoxy) is 1. The molecule has 25 heavy (non-hydrogen) atoms. The molecule has 0 aromatic carbocycles. The molecule has 1 amide bonds. The van der Waals surface area contributed by atoms with E-state index in [0.717, 1.165) is 25.3 Å². The maximum atomic E-state index is 12.1. The number of nitrogens with zero attached hydrogens (tertiary/aromatic N) is 2. The minimum atomic E-state index is -0.897. The van der Waals surface area contributed by atoms with Gasteiger partial charge in [-0.2, -0.15) is 0 Å². The van der Waals surface area contributed by atoms with Gasteiger partial charge in [0, 0.05) is 47.0 Å². The molecule has 1 heterocycles. The number of likely N-dealkylation sites (tertiary alicyclic amines) is 1. The Morgan fingerprint density at radius 2 is 1.92 bits per heavy atom. The zero-order chi connectivity index (χ0) is 18.9. The smallest absolute Gasteiger partial charge is 0.409 e. The molecule has 1 unspecified atom stereocenters. The molecule has 2 N–H and O–H groups in total. The Balaban J connectivity index is 2.46. The third-order valence-electron chi connectivity index (χ3n) is 3.94. The molecule has 1 rings (SSSR count). The van der Waals surface area contributed by atoms with Crippen LogP contribution in [-0.2, 0) is 15.5 Å². The highest BCUT2D eigenvalue weighted by molar-refractivity contribution is 7.86. The number of nitrogens with one attached hydrogen (secondary N) is 2. The van der Waals surface area contributed by atoms with E-state index in [4.69, 9.17) is 4.74 Å². The van der Waals surface area contributed by atoms with E-state index < -0.39 is 10.8 Å². The van der Waals surface area contributed by atoms with Crippen molar-refractivity contribution in [2.75, 3.05) is 38.5 Å². The molecule has 1 fully saturated rings. The van der Waals surface area contributed by atoms with Crippen molar-refractivity contribution in [3.05, 3.63) is 0 Å².